The number of amides is 1. The Balaban J connectivity index is 1.90. The van der Waals surface area contributed by atoms with E-state index in [2.05, 4.69) is 16.0 Å². The molecule has 28 heavy (non-hydrogen) atoms. The zero-order chi connectivity index (χ0) is 20.8. The lowest BCUT2D eigenvalue weighted by Crippen LogP contribution is -2.79. The lowest BCUT2D eigenvalue weighted by atomic mass is 9.79. The molecule has 0 aromatic rings. The lowest BCUT2D eigenvalue weighted by Gasteiger charge is -2.58. The van der Waals surface area contributed by atoms with Crippen molar-refractivity contribution in [3.63, 3.8) is 0 Å². The van der Waals surface area contributed by atoms with E-state index in [0.29, 0.717) is 0 Å². The fourth-order valence-electron chi connectivity index (χ4n) is 4.32. The van der Waals surface area contributed by atoms with Gasteiger partial charge >= 0.3 is 0 Å². The van der Waals surface area contributed by atoms with Gasteiger partial charge in [0.1, 0.15) is 18.3 Å². The van der Waals surface area contributed by atoms with Gasteiger partial charge in [0.05, 0.1) is 36.4 Å². The molecule has 3 aliphatic rings. The minimum absolute atomic E-state index is 0.278. The summed E-state index contributed by atoms with van der Waals surface area (Å²) in [6.45, 7) is 3.32. The number of nitrogens with two attached hydrogens (primary N) is 1. The zero-order valence-corrected chi connectivity index (χ0v) is 16.5. The Morgan fingerprint density at radius 3 is 2.36 bits per heavy atom. The average Bonchev–Trinajstić information content (AvgIpc) is 2.62. The first-order valence-corrected chi connectivity index (χ1v) is 9.61. The SMILES string of the molecule is CN[C@@H]1[C@H](O)[C@H](NC)C2O[C@]3(O)C(OC2[C@H]1O)O[C@H](C)C[C@H]3NC(=O)[C@@H](C)N. The summed E-state index contributed by atoms with van der Waals surface area (Å²) in [6.07, 6.45) is -5.13. The summed E-state index contributed by atoms with van der Waals surface area (Å²) in [5, 5.41) is 41.2. The number of carbonyl (C=O) groups excluding carboxylic acids is 1. The van der Waals surface area contributed by atoms with E-state index in [1.165, 1.54) is 6.92 Å². The summed E-state index contributed by atoms with van der Waals surface area (Å²) in [5.41, 5.74) is 5.64. The summed E-state index contributed by atoms with van der Waals surface area (Å²) in [5.74, 6) is -2.44. The standard InChI is InChI=1S/C17H32N4O7/c1-6-5-8(21-15(24)7(2)18)17(25)16(26-6)27-14-12(23)9(19-3)11(22)10(20-4)13(14)28-17/h6-14,16,19-20,22-23,25H,5,18H2,1-4H3,(H,21,24)/t6-,7-,8-,9-,10+,11+,12+,13?,14?,16?,17+/m1/s1. The smallest absolute Gasteiger partial charge is 0.239 e. The van der Waals surface area contributed by atoms with Gasteiger partial charge in [-0.25, -0.2) is 0 Å². The predicted octanol–water partition coefficient (Wildman–Crippen LogP) is -3.66. The molecule has 3 unspecified atom stereocenters. The van der Waals surface area contributed by atoms with Gasteiger partial charge in [0.15, 0.2) is 0 Å². The number of aliphatic hydroxyl groups excluding tert-OH is 2. The molecule has 0 spiro atoms. The van der Waals surface area contributed by atoms with E-state index in [-0.39, 0.29) is 12.5 Å². The molecular weight excluding hydrogens is 372 g/mol. The number of nitrogens with one attached hydrogen (secondary N) is 3. The van der Waals surface area contributed by atoms with Gasteiger partial charge in [-0.3, -0.25) is 4.79 Å². The molecule has 2 aliphatic heterocycles. The third kappa shape index (κ3) is 3.55. The molecule has 162 valence electrons. The fraction of sp³-hybridized carbons (Fsp3) is 0.941. The van der Waals surface area contributed by atoms with Gasteiger partial charge in [0.2, 0.25) is 18.0 Å². The molecule has 0 radical (unpaired) electrons. The van der Waals surface area contributed by atoms with E-state index in [1.54, 1.807) is 21.0 Å². The van der Waals surface area contributed by atoms with Gasteiger partial charge in [-0.2, -0.15) is 0 Å². The Labute approximate surface area is 163 Å². The lowest BCUT2D eigenvalue weighted by molar-refractivity contribution is -0.449. The Morgan fingerprint density at radius 2 is 1.79 bits per heavy atom. The Bertz CT molecular complexity index is 582. The highest BCUT2D eigenvalue weighted by atomic mass is 16.8. The van der Waals surface area contributed by atoms with Crippen molar-refractivity contribution in [2.24, 2.45) is 5.73 Å². The van der Waals surface area contributed by atoms with Crippen LogP contribution in [0.5, 0.6) is 0 Å². The third-order valence-electron chi connectivity index (χ3n) is 5.88. The minimum Gasteiger partial charge on any atom is -0.390 e. The van der Waals surface area contributed by atoms with Crippen LogP contribution in [0.2, 0.25) is 0 Å². The molecule has 1 saturated carbocycles. The topological polar surface area (TPSA) is 168 Å². The molecule has 1 aliphatic carbocycles. The van der Waals surface area contributed by atoms with E-state index in [0.717, 1.165) is 0 Å². The maximum absolute atomic E-state index is 12.1. The molecule has 11 heteroatoms. The van der Waals surface area contributed by atoms with Crippen LogP contribution >= 0.6 is 0 Å². The number of rotatable bonds is 4. The van der Waals surface area contributed by atoms with E-state index >= 15 is 0 Å². The second-order valence-electron chi connectivity index (χ2n) is 7.91. The second kappa shape index (κ2) is 8.09. The highest BCUT2D eigenvalue weighted by Crippen LogP contribution is 2.41. The van der Waals surface area contributed by atoms with Crippen molar-refractivity contribution in [2.45, 2.75) is 87.0 Å². The first-order chi connectivity index (χ1) is 13.1. The van der Waals surface area contributed by atoms with Crippen LogP contribution in [0.3, 0.4) is 0 Å². The van der Waals surface area contributed by atoms with E-state index in [4.69, 9.17) is 19.9 Å². The van der Waals surface area contributed by atoms with E-state index in [9.17, 15) is 20.1 Å². The molecule has 1 amide bonds. The van der Waals surface area contributed by atoms with Gasteiger partial charge in [0.25, 0.3) is 0 Å². The molecule has 0 bridgehead atoms. The highest BCUT2D eigenvalue weighted by molar-refractivity contribution is 5.81. The number of hydrogen-bond donors (Lipinski definition) is 7. The fourth-order valence-corrected chi connectivity index (χ4v) is 4.32. The summed E-state index contributed by atoms with van der Waals surface area (Å²) < 4.78 is 17.7. The van der Waals surface area contributed by atoms with Gasteiger partial charge in [-0.15, -0.1) is 0 Å². The molecule has 11 atom stereocenters. The molecule has 0 aromatic heterocycles. The summed E-state index contributed by atoms with van der Waals surface area (Å²) >= 11 is 0. The molecule has 11 nitrogen and oxygen atoms in total. The molecular formula is C17H32N4O7. The van der Waals surface area contributed by atoms with E-state index < -0.39 is 66.6 Å². The van der Waals surface area contributed by atoms with Crippen LogP contribution < -0.4 is 21.7 Å². The number of hydrogen-bond acceptors (Lipinski definition) is 10. The van der Waals surface area contributed by atoms with Crippen LogP contribution in [-0.4, -0.2) is 102 Å². The normalized spacial score (nSPS) is 49.6. The van der Waals surface area contributed by atoms with Crippen molar-refractivity contribution in [1.82, 2.24) is 16.0 Å². The summed E-state index contributed by atoms with van der Waals surface area (Å²) in [7, 11) is 3.27. The number of fused-ring (bicyclic) bond motifs is 2. The largest absolute Gasteiger partial charge is 0.390 e. The molecule has 8 N–H and O–H groups in total. The van der Waals surface area contributed by atoms with Crippen LogP contribution in [0.25, 0.3) is 0 Å². The highest BCUT2D eigenvalue weighted by Gasteiger charge is 2.63. The Hall–Kier alpha value is -0.890. The van der Waals surface area contributed by atoms with E-state index in [1.807, 2.05) is 0 Å². The van der Waals surface area contributed by atoms with Gasteiger partial charge in [-0.05, 0) is 34.4 Å². The van der Waals surface area contributed by atoms with Crippen molar-refractivity contribution >= 4 is 5.91 Å². The molecule has 3 rings (SSSR count). The van der Waals surface area contributed by atoms with Gasteiger partial charge < -0.3 is 51.2 Å². The van der Waals surface area contributed by atoms with Crippen molar-refractivity contribution in [2.75, 3.05) is 14.1 Å². The summed E-state index contributed by atoms with van der Waals surface area (Å²) in [6, 6.07) is -2.91. The van der Waals surface area contributed by atoms with Crippen molar-refractivity contribution in [1.29, 1.82) is 0 Å². The van der Waals surface area contributed by atoms with Crippen molar-refractivity contribution in [3.8, 4) is 0 Å². The summed E-state index contributed by atoms with van der Waals surface area (Å²) in [4.78, 5) is 12.1. The second-order valence-corrected chi connectivity index (χ2v) is 7.91. The van der Waals surface area contributed by atoms with Gasteiger partial charge in [0, 0.05) is 0 Å². The maximum atomic E-state index is 12.1. The maximum Gasteiger partial charge on any atom is 0.239 e. The van der Waals surface area contributed by atoms with Crippen LogP contribution in [0.15, 0.2) is 0 Å². The predicted molar refractivity (Wildman–Crippen MR) is 96.9 cm³/mol. The molecule has 0 aromatic carbocycles. The first kappa shape index (κ1) is 21.8. The Morgan fingerprint density at radius 1 is 1.14 bits per heavy atom. The monoisotopic (exact) mass is 404 g/mol. The van der Waals surface area contributed by atoms with Crippen LogP contribution in [0, 0.1) is 0 Å². The number of aliphatic hydroxyl groups is 3. The first-order valence-electron chi connectivity index (χ1n) is 9.61. The van der Waals surface area contributed by atoms with Crippen LogP contribution in [0.4, 0.5) is 0 Å². The van der Waals surface area contributed by atoms with Crippen LogP contribution in [0.1, 0.15) is 20.3 Å². The number of ether oxygens (including phenoxy) is 3. The molecule has 3 fully saturated rings. The average molecular weight is 404 g/mol. The number of carbonyl (C=O) groups is 1. The minimum atomic E-state index is -2.00. The quantitative estimate of drug-likeness (QED) is 0.248. The van der Waals surface area contributed by atoms with Crippen LogP contribution in [-0.2, 0) is 19.0 Å². The zero-order valence-electron chi connectivity index (χ0n) is 16.5. The third-order valence-corrected chi connectivity index (χ3v) is 5.88. The molecule has 2 saturated heterocycles. The molecule has 2 heterocycles. The Kier molecular flexibility index (Phi) is 6.30. The number of likely N-dealkylation sites (N-methyl/N-ethyl adjacent to an activating group) is 2. The van der Waals surface area contributed by atoms with Gasteiger partial charge in [-0.1, -0.05) is 0 Å². The van der Waals surface area contributed by atoms with Crippen molar-refractivity contribution < 1.29 is 34.3 Å². The van der Waals surface area contributed by atoms with Crippen molar-refractivity contribution in [3.05, 3.63) is 0 Å².